The minimum Gasteiger partial charge on any atom is -0.478 e. The number of hydrogen-bond donors (Lipinski definition) is 13. The molecule has 0 spiro atoms. The van der Waals surface area contributed by atoms with Crippen molar-refractivity contribution in [1.82, 2.24) is 29.9 Å². The first-order valence-corrected chi connectivity index (χ1v) is 33.4. The number of azo groups is 2. The zero-order valence-electron chi connectivity index (χ0n) is 44.5. The van der Waals surface area contributed by atoms with Gasteiger partial charge in [0.15, 0.2) is 19.7 Å². The maximum atomic E-state index is 12.9. The molecule has 0 radical (unpaired) electrons. The van der Waals surface area contributed by atoms with Crippen LogP contribution in [0.25, 0.3) is 0 Å². The molecule has 0 unspecified atom stereocenters. The van der Waals surface area contributed by atoms with E-state index < -0.39 is 157 Å². The number of nitrogens with two attached hydrogens (primary N) is 2. The summed E-state index contributed by atoms with van der Waals surface area (Å²) in [5, 5.41) is 40.4. The Morgan fingerprint density at radius 1 is 0.451 bits per heavy atom. The van der Waals surface area contributed by atoms with Crippen LogP contribution >= 0.6 is 23.2 Å². The number of carboxylic acids is 1. The van der Waals surface area contributed by atoms with E-state index >= 15 is 0 Å². The van der Waals surface area contributed by atoms with Gasteiger partial charge in [-0.2, -0.15) is 63.6 Å². The fourth-order valence-corrected chi connectivity index (χ4v) is 11.9. The van der Waals surface area contributed by atoms with Gasteiger partial charge in [-0.15, -0.1) is 20.5 Å². The Hall–Kier alpha value is -9.43. The monoisotopic (exact) mass is 1420 g/mol. The summed E-state index contributed by atoms with van der Waals surface area (Å²) >= 11 is 12.6. The number of aromatic nitrogens is 6. The molecule has 7 aromatic rings. The third-order valence-corrected chi connectivity index (χ3v) is 17.2. The lowest BCUT2D eigenvalue weighted by molar-refractivity contribution is 0.0696. The highest BCUT2D eigenvalue weighted by molar-refractivity contribution is 7.92. The van der Waals surface area contributed by atoms with E-state index in [1.165, 1.54) is 42.5 Å². The molecule has 91 heavy (non-hydrogen) atoms. The van der Waals surface area contributed by atoms with Crippen LogP contribution in [0.1, 0.15) is 10.4 Å². The number of carboxylic acid groups (broad SMARTS) is 1. The minimum absolute atomic E-state index is 0.0122. The number of amides is 4. The van der Waals surface area contributed by atoms with Crippen molar-refractivity contribution in [3.05, 3.63) is 107 Å². The van der Waals surface area contributed by atoms with Crippen molar-refractivity contribution in [2.24, 2.45) is 31.9 Å². The Bertz CT molecular complexity index is 4570. The molecular formula is C43H38Cl2N18O22S6. The number of urea groups is 2. The Kier molecular flexibility index (Phi) is 21.1. The summed E-state index contributed by atoms with van der Waals surface area (Å²) in [6.45, 7) is -2.14. The average molecular weight is 1420 g/mol. The summed E-state index contributed by atoms with van der Waals surface area (Å²) in [6, 6.07) is 13.1. The third-order valence-electron chi connectivity index (χ3n) is 10.8. The molecule has 0 aliphatic rings. The van der Waals surface area contributed by atoms with E-state index in [-0.39, 0.29) is 63.0 Å². The second-order valence-electron chi connectivity index (χ2n) is 17.3. The van der Waals surface area contributed by atoms with Crippen molar-refractivity contribution in [1.29, 1.82) is 0 Å². The van der Waals surface area contributed by atoms with Gasteiger partial charge in [0.05, 0.1) is 51.4 Å². The molecule has 2 heterocycles. The quantitative estimate of drug-likeness (QED) is 0.0222. The van der Waals surface area contributed by atoms with Gasteiger partial charge in [-0.05, 0) is 114 Å². The summed E-state index contributed by atoms with van der Waals surface area (Å²) in [5.74, 6) is -5.16. The lowest BCUT2D eigenvalue weighted by Crippen LogP contribution is -2.19. The lowest BCUT2D eigenvalue weighted by Gasteiger charge is -2.13. The molecule has 0 bridgehead atoms. The molecule has 0 fully saturated rings. The Labute approximate surface area is 521 Å². The van der Waals surface area contributed by atoms with Crippen molar-refractivity contribution >= 4 is 183 Å². The van der Waals surface area contributed by atoms with Crippen LogP contribution in [0.5, 0.6) is 0 Å². The van der Waals surface area contributed by atoms with Gasteiger partial charge in [-0.3, -0.25) is 18.2 Å². The average Bonchev–Trinajstić information content (AvgIpc) is 0.999. The standard InChI is InChI=1S/C43H38Cl2N18O22S6/c44-36-54-40(58-42(56-36)52-31-16-21(48-38(46)66)1-5-27(31)60-62-29-7-3-25(18-33(29)88(72,73)74)86(68,69)11-9-84-90(78,79)80)50-23-13-20(35(64)65)14-24(15-23)51-41-55-37(45)57-43(59-41)53-32-17-22(49-39(47)67)2-6-28(32)61-63-30-8-4-26(19-34(30)89(75,76)77)87(70,71)12-10-85-91(81,82)83/h1-8,13-19H,9-12H2,(H,64,65)(H3,46,48,66)(H3,47,49,67)(H,72,73,74)(H,75,76,77)(H,78,79,80)(H,81,82,83)(H2,50,52,54,56,58)(H2,51,53,55,57,59). The SMILES string of the molecule is NC(=O)Nc1ccc(N=Nc2ccc(S(=O)(=O)CCOS(=O)(=O)O)cc2S(=O)(=O)O)c(Nc2nc(Cl)nc(Nc3cc(Nc4nc(Cl)nc(Nc5cc(NC(N)=O)ccc5N=Nc5ccc(S(=O)(=O)CCOS(=O)(=O)O)cc5S(=O)(=O)O)n4)cc(C(=O)O)c3)n2)c1. The van der Waals surface area contributed by atoms with Crippen LogP contribution in [-0.4, -0.2) is 146 Å². The topological polar surface area (TPSA) is 627 Å². The maximum Gasteiger partial charge on any atom is 0.397 e. The van der Waals surface area contributed by atoms with Gasteiger partial charge < -0.3 is 48.5 Å². The largest absolute Gasteiger partial charge is 0.478 e. The van der Waals surface area contributed by atoms with Crippen LogP contribution in [0.2, 0.25) is 10.6 Å². The minimum atomic E-state index is -5.27. The molecule has 2 aromatic heterocycles. The van der Waals surface area contributed by atoms with E-state index in [2.05, 4.69) is 90.6 Å². The van der Waals surface area contributed by atoms with E-state index in [1.807, 2.05) is 0 Å². The van der Waals surface area contributed by atoms with Crippen LogP contribution in [0, 0.1) is 0 Å². The van der Waals surface area contributed by atoms with E-state index in [4.69, 9.17) is 43.8 Å². The number of benzene rings is 5. The van der Waals surface area contributed by atoms with Crippen molar-refractivity contribution in [3.63, 3.8) is 0 Å². The summed E-state index contributed by atoms with van der Waals surface area (Å²) in [5.41, 5.74) is 8.15. The molecule has 40 nitrogen and oxygen atoms in total. The molecule has 15 N–H and O–H groups in total. The number of carbonyl (C=O) groups excluding carboxylic acids is 2. The number of anilines is 10. The summed E-state index contributed by atoms with van der Waals surface area (Å²) in [7, 11) is -29.7. The van der Waals surface area contributed by atoms with Crippen LogP contribution in [0.3, 0.4) is 0 Å². The molecule has 48 heteroatoms. The Morgan fingerprint density at radius 3 is 1.12 bits per heavy atom. The van der Waals surface area contributed by atoms with Gasteiger partial charge in [0.25, 0.3) is 20.2 Å². The van der Waals surface area contributed by atoms with Gasteiger partial charge in [0.1, 0.15) is 32.5 Å². The number of carbonyl (C=O) groups is 3. The molecule has 5 aromatic carbocycles. The maximum absolute atomic E-state index is 12.9. The second-order valence-corrected chi connectivity index (χ2v) is 27.2. The highest BCUT2D eigenvalue weighted by atomic mass is 35.5. The molecule has 4 amide bonds. The number of sulfone groups is 2. The lowest BCUT2D eigenvalue weighted by atomic mass is 10.1. The van der Waals surface area contributed by atoms with E-state index in [9.17, 15) is 79.1 Å². The van der Waals surface area contributed by atoms with Crippen molar-refractivity contribution in [3.8, 4) is 0 Å². The van der Waals surface area contributed by atoms with Crippen molar-refractivity contribution in [2.45, 2.75) is 19.6 Å². The highest BCUT2D eigenvalue weighted by Gasteiger charge is 2.26. The number of primary amides is 2. The number of hydrogen-bond acceptors (Lipinski definition) is 31. The van der Waals surface area contributed by atoms with Gasteiger partial charge in [-0.25, -0.2) is 39.6 Å². The highest BCUT2D eigenvalue weighted by Crippen LogP contribution is 2.37. The normalized spacial score (nSPS) is 12.4. The Balaban J connectivity index is 1.16. The first kappa shape index (κ1) is 69.1. The van der Waals surface area contributed by atoms with Crippen molar-refractivity contribution in [2.75, 3.05) is 56.6 Å². The zero-order valence-corrected chi connectivity index (χ0v) is 50.9. The van der Waals surface area contributed by atoms with Crippen LogP contribution < -0.4 is 43.4 Å². The third kappa shape index (κ3) is 20.3. The number of nitrogens with zero attached hydrogens (tertiary/aromatic N) is 10. The molecule has 482 valence electrons. The molecular weight excluding hydrogens is 1380 g/mol. The van der Waals surface area contributed by atoms with Crippen molar-refractivity contribution < 1.29 is 96.6 Å². The van der Waals surface area contributed by atoms with E-state index in [0.717, 1.165) is 36.4 Å². The zero-order chi connectivity index (χ0) is 67.0. The number of halogens is 2. The first-order chi connectivity index (χ1) is 42.3. The molecule has 0 aliphatic carbocycles. The van der Waals surface area contributed by atoms with Gasteiger partial charge >= 0.3 is 38.8 Å². The van der Waals surface area contributed by atoms with Gasteiger partial charge in [0, 0.05) is 22.7 Å². The summed E-state index contributed by atoms with van der Waals surface area (Å²) in [6.07, 6.45) is 0. The molecule has 7 rings (SSSR count). The van der Waals surface area contributed by atoms with E-state index in [1.54, 1.807) is 0 Å². The van der Waals surface area contributed by atoms with Gasteiger partial charge in [-0.1, -0.05) is 0 Å². The van der Waals surface area contributed by atoms with Crippen LogP contribution in [0.15, 0.2) is 131 Å². The number of aromatic carboxylic acids is 1. The van der Waals surface area contributed by atoms with Crippen LogP contribution in [-0.2, 0) is 69.1 Å². The Morgan fingerprint density at radius 2 is 0.791 bits per heavy atom. The van der Waals surface area contributed by atoms with E-state index in [0.29, 0.717) is 12.1 Å². The second kappa shape index (κ2) is 27.8. The smallest absolute Gasteiger partial charge is 0.397 e. The summed E-state index contributed by atoms with van der Waals surface area (Å²) < 4.78 is 190. The van der Waals surface area contributed by atoms with Gasteiger partial charge in [0.2, 0.25) is 34.4 Å². The predicted octanol–water partition coefficient (Wildman–Crippen LogP) is 5.53. The predicted molar refractivity (Wildman–Crippen MR) is 315 cm³/mol. The molecule has 0 saturated carbocycles. The number of rotatable bonds is 27. The number of nitrogens with one attached hydrogen (secondary N) is 6. The molecule has 0 saturated heterocycles. The first-order valence-electron chi connectivity index (χ1n) is 23.7. The van der Waals surface area contributed by atoms with Crippen LogP contribution in [0.4, 0.5) is 90.3 Å². The molecule has 0 aliphatic heterocycles. The fourth-order valence-electron chi connectivity index (χ4n) is 7.11. The fraction of sp³-hybridized carbons (Fsp3) is 0.0930. The summed E-state index contributed by atoms with van der Waals surface area (Å²) in [4.78, 5) is 56.9. The molecule has 0 atom stereocenters.